The summed E-state index contributed by atoms with van der Waals surface area (Å²) in [6.45, 7) is 3.52. The highest BCUT2D eigenvalue weighted by Crippen LogP contribution is 2.39. The first-order chi connectivity index (χ1) is 14.8. The topological polar surface area (TPSA) is 51.5 Å². The van der Waals surface area contributed by atoms with E-state index in [1.807, 2.05) is 0 Å². The van der Waals surface area contributed by atoms with Gasteiger partial charge in [0.2, 0.25) is 0 Å². The van der Waals surface area contributed by atoms with Crippen molar-refractivity contribution in [1.82, 2.24) is 5.32 Å². The van der Waals surface area contributed by atoms with E-state index in [1.165, 1.54) is 6.07 Å². The molecule has 174 valence electrons. The average Bonchev–Trinajstić information content (AvgIpc) is 3.05. The molecule has 0 aliphatic heterocycles. The predicted octanol–water partition coefficient (Wildman–Crippen LogP) is 6.39. The zero-order chi connectivity index (χ0) is 23.8. The second-order valence-corrected chi connectivity index (χ2v) is 7.91. The standard InChI is InChI=1S/C22H21F6NO3/c1-11(2)8-16(20(30)31-3)29-19(22(26,27)28)12-4-6-14-15-10-13(21(23,24)25)5-7-17(15)32-18(14)9-12/h4-7,9-11,16,19,29H,8H2,1-3H3/t16-,19?/m0/s1. The molecule has 0 saturated carbocycles. The zero-order valence-electron chi connectivity index (χ0n) is 17.4. The second kappa shape index (κ2) is 8.65. The fraction of sp³-hybridized carbons (Fsp3) is 0.409. The van der Waals surface area contributed by atoms with E-state index >= 15 is 0 Å². The summed E-state index contributed by atoms with van der Waals surface area (Å²) in [6, 6.07) is 3.03. The Kier molecular flexibility index (Phi) is 6.46. The lowest BCUT2D eigenvalue weighted by atomic mass is 9.99. The molecule has 2 aromatic carbocycles. The number of fused-ring (bicyclic) bond motifs is 3. The molecule has 1 aromatic heterocycles. The van der Waals surface area contributed by atoms with Crippen molar-refractivity contribution in [1.29, 1.82) is 0 Å². The molecule has 0 aliphatic rings. The third-order valence-electron chi connectivity index (χ3n) is 5.04. The van der Waals surface area contributed by atoms with Crippen molar-refractivity contribution < 1.29 is 40.3 Å². The van der Waals surface area contributed by atoms with Crippen molar-refractivity contribution in [2.75, 3.05) is 7.11 Å². The van der Waals surface area contributed by atoms with Gasteiger partial charge in [0.15, 0.2) is 0 Å². The van der Waals surface area contributed by atoms with E-state index in [9.17, 15) is 31.1 Å². The van der Waals surface area contributed by atoms with Gasteiger partial charge in [-0.15, -0.1) is 0 Å². The molecule has 0 fully saturated rings. The van der Waals surface area contributed by atoms with Gasteiger partial charge < -0.3 is 9.15 Å². The Labute approximate surface area is 179 Å². The van der Waals surface area contributed by atoms with Gasteiger partial charge in [0.25, 0.3) is 0 Å². The van der Waals surface area contributed by atoms with Crippen LogP contribution in [-0.2, 0) is 15.7 Å². The van der Waals surface area contributed by atoms with Crippen LogP contribution in [-0.4, -0.2) is 25.3 Å². The smallest absolute Gasteiger partial charge is 0.416 e. The van der Waals surface area contributed by atoms with E-state index < -0.39 is 36.0 Å². The van der Waals surface area contributed by atoms with E-state index in [2.05, 4.69) is 10.1 Å². The van der Waals surface area contributed by atoms with Gasteiger partial charge in [-0.1, -0.05) is 26.0 Å². The molecule has 0 bridgehead atoms. The Morgan fingerprint density at radius 3 is 2.25 bits per heavy atom. The number of furan rings is 1. The van der Waals surface area contributed by atoms with Crippen LogP contribution in [0.1, 0.15) is 37.4 Å². The first kappa shape index (κ1) is 23.9. The molecule has 0 aliphatic carbocycles. The summed E-state index contributed by atoms with van der Waals surface area (Å²) >= 11 is 0. The number of rotatable bonds is 6. The van der Waals surface area contributed by atoms with Gasteiger partial charge in [-0.25, -0.2) is 0 Å². The molecule has 2 atom stereocenters. The molecule has 3 aromatic rings. The van der Waals surface area contributed by atoms with Gasteiger partial charge in [0.1, 0.15) is 23.2 Å². The predicted molar refractivity (Wildman–Crippen MR) is 106 cm³/mol. The SMILES string of the molecule is COC(=O)[C@H](CC(C)C)NC(c1ccc2c(c1)oc1ccc(C(F)(F)F)cc12)C(F)(F)F. The molecular weight excluding hydrogens is 440 g/mol. The van der Waals surface area contributed by atoms with Gasteiger partial charge in [-0.2, -0.15) is 26.3 Å². The molecule has 0 spiro atoms. The average molecular weight is 461 g/mol. The summed E-state index contributed by atoms with van der Waals surface area (Å²) in [5.74, 6) is -0.904. The number of nitrogens with one attached hydrogen (secondary N) is 1. The number of benzene rings is 2. The second-order valence-electron chi connectivity index (χ2n) is 7.91. The van der Waals surface area contributed by atoms with Gasteiger partial charge in [-0.3, -0.25) is 10.1 Å². The fourth-order valence-electron chi connectivity index (χ4n) is 3.58. The lowest BCUT2D eigenvalue weighted by molar-refractivity contribution is -0.164. The highest BCUT2D eigenvalue weighted by Gasteiger charge is 2.43. The van der Waals surface area contributed by atoms with Crippen LogP contribution in [0.25, 0.3) is 21.9 Å². The van der Waals surface area contributed by atoms with Gasteiger partial charge in [0, 0.05) is 10.8 Å². The Hall–Kier alpha value is -2.75. The maximum Gasteiger partial charge on any atom is 0.416 e. The van der Waals surface area contributed by atoms with Crippen molar-refractivity contribution >= 4 is 27.9 Å². The maximum atomic E-state index is 13.9. The van der Waals surface area contributed by atoms with Crippen LogP contribution in [0, 0.1) is 5.92 Å². The molecule has 32 heavy (non-hydrogen) atoms. The minimum atomic E-state index is -4.76. The molecule has 0 amide bonds. The van der Waals surface area contributed by atoms with Crippen molar-refractivity contribution in [3.63, 3.8) is 0 Å². The largest absolute Gasteiger partial charge is 0.468 e. The molecule has 1 heterocycles. The third-order valence-corrected chi connectivity index (χ3v) is 5.04. The molecule has 10 heteroatoms. The van der Waals surface area contributed by atoms with E-state index in [0.717, 1.165) is 37.4 Å². The van der Waals surface area contributed by atoms with E-state index in [4.69, 9.17) is 4.42 Å². The summed E-state index contributed by atoms with van der Waals surface area (Å²) in [5.41, 5.74) is -1.00. The highest BCUT2D eigenvalue weighted by atomic mass is 19.4. The van der Waals surface area contributed by atoms with E-state index in [1.54, 1.807) is 13.8 Å². The Morgan fingerprint density at radius 1 is 1.00 bits per heavy atom. The number of hydrogen-bond donors (Lipinski definition) is 1. The lowest BCUT2D eigenvalue weighted by Crippen LogP contribution is -2.45. The fourth-order valence-corrected chi connectivity index (χ4v) is 3.58. The van der Waals surface area contributed by atoms with Crippen LogP contribution in [0.2, 0.25) is 0 Å². The number of halogens is 6. The third kappa shape index (κ3) is 5.01. The molecular formula is C22H21F6NO3. The van der Waals surface area contributed by atoms with Crippen molar-refractivity contribution in [3.05, 3.63) is 47.5 Å². The number of esters is 1. The Morgan fingerprint density at radius 2 is 1.69 bits per heavy atom. The first-order valence-electron chi connectivity index (χ1n) is 9.75. The van der Waals surface area contributed by atoms with Gasteiger partial charge in [0.05, 0.1) is 12.7 Å². The molecule has 0 radical (unpaired) electrons. The van der Waals surface area contributed by atoms with Crippen LogP contribution in [0.15, 0.2) is 40.8 Å². The monoisotopic (exact) mass is 461 g/mol. The summed E-state index contributed by atoms with van der Waals surface area (Å²) in [5, 5.41) is 2.73. The first-order valence-corrected chi connectivity index (χ1v) is 9.75. The quantitative estimate of drug-likeness (QED) is 0.342. The van der Waals surface area contributed by atoms with E-state index in [0.29, 0.717) is 0 Å². The van der Waals surface area contributed by atoms with Crippen LogP contribution < -0.4 is 5.32 Å². The van der Waals surface area contributed by atoms with Gasteiger partial charge >= 0.3 is 18.3 Å². The van der Waals surface area contributed by atoms with Crippen molar-refractivity contribution in [3.8, 4) is 0 Å². The maximum absolute atomic E-state index is 13.9. The van der Waals surface area contributed by atoms with Crippen LogP contribution in [0.4, 0.5) is 26.3 Å². The van der Waals surface area contributed by atoms with Crippen molar-refractivity contribution in [2.45, 2.75) is 44.7 Å². The van der Waals surface area contributed by atoms with Crippen LogP contribution in [0.3, 0.4) is 0 Å². The zero-order valence-corrected chi connectivity index (χ0v) is 17.4. The van der Waals surface area contributed by atoms with Gasteiger partial charge in [-0.05, 0) is 42.2 Å². The molecule has 4 nitrogen and oxygen atoms in total. The molecule has 3 rings (SSSR count). The minimum Gasteiger partial charge on any atom is -0.468 e. The van der Waals surface area contributed by atoms with Crippen molar-refractivity contribution in [2.24, 2.45) is 5.92 Å². The number of ether oxygens (including phenoxy) is 1. The summed E-state index contributed by atoms with van der Waals surface area (Å²) in [7, 11) is 1.09. The number of carbonyl (C=O) groups is 1. The number of hydrogen-bond acceptors (Lipinski definition) is 4. The lowest BCUT2D eigenvalue weighted by Gasteiger charge is -2.27. The molecule has 1 N–H and O–H groups in total. The Balaban J connectivity index is 2.05. The number of methoxy groups -OCH3 is 1. The summed E-state index contributed by atoms with van der Waals surface area (Å²) < 4.78 is 90.9. The normalized spacial score (nSPS) is 14.8. The molecule has 1 unspecified atom stereocenters. The summed E-state index contributed by atoms with van der Waals surface area (Å²) in [4.78, 5) is 12.0. The number of alkyl halides is 6. The Bertz CT molecular complexity index is 1120. The van der Waals surface area contributed by atoms with Crippen LogP contribution >= 0.6 is 0 Å². The highest BCUT2D eigenvalue weighted by molar-refractivity contribution is 6.05. The number of carbonyl (C=O) groups excluding carboxylic acids is 1. The molecule has 0 saturated heterocycles. The minimum absolute atomic E-state index is 0.00588. The van der Waals surface area contributed by atoms with E-state index in [-0.39, 0.29) is 39.8 Å². The summed E-state index contributed by atoms with van der Waals surface area (Å²) in [6.07, 6.45) is -9.21. The van der Waals surface area contributed by atoms with Crippen LogP contribution in [0.5, 0.6) is 0 Å².